The summed E-state index contributed by atoms with van der Waals surface area (Å²) in [7, 11) is 0. The summed E-state index contributed by atoms with van der Waals surface area (Å²) in [5.74, 6) is 0.317. The van der Waals surface area contributed by atoms with Crippen LogP contribution in [0.2, 0.25) is 0 Å². The van der Waals surface area contributed by atoms with Crippen molar-refractivity contribution in [3.05, 3.63) is 103 Å². The molecule has 1 heteroatoms. The van der Waals surface area contributed by atoms with E-state index in [9.17, 15) is 5.11 Å². The van der Waals surface area contributed by atoms with Crippen LogP contribution in [-0.4, -0.2) is 5.11 Å². The van der Waals surface area contributed by atoms with Gasteiger partial charge in [-0.05, 0) is 34.4 Å². The van der Waals surface area contributed by atoms with Crippen LogP contribution in [0, 0.1) is 0 Å². The lowest BCUT2D eigenvalue weighted by Gasteiger charge is -2.14. The summed E-state index contributed by atoms with van der Waals surface area (Å²) in [6.45, 7) is 0. The van der Waals surface area contributed by atoms with E-state index in [1.165, 1.54) is 0 Å². The molecule has 1 nitrogen and oxygen atoms in total. The molecule has 0 aliphatic carbocycles. The number of rotatable bonds is 3. The van der Waals surface area contributed by atoms with Crippen molar-refractivity contribution >= 4 is 0 Å². The van der Waals surface area contributed by atoms with Crippen LogP contribution in [0.25, 0.3) is 33.4 Å². The lowest BCUT2D eigenvalue weighted by molar-refractivity contribution is 0.479. The maximum atomic E-state index is 11.0. The quantitative estimate of drug-likeness (QED) is 0.463. The van der Waals surface area contributed by atoms with E-state index in [-0.39, 0.29) is 0 Å². The van der Waals surface area contributed by atoms with Crippen LogP contribution in [0.5, 0.6) is 5.75 Å². The van der Waals surface area contributed by atoms with Crippen LogP contribution in [0.4, 0.5) is 0 Å². The monoisotopic (exact) mass is 322 g/mol. The lowest BCUT2D eigenvalue weighted by Crippen LogP contribution is -1.88. The Kier molecular flexibility index (Phi) is 4.05. The highest BCUT2D eigenvalue weighted by Gasteiger charge is 2.14. The molecule has 0 saturated carbocycles. The molecule has 1 N–H and O–H groups in total. The van der Waals surface area contributed by atoms with E-state index in [1.54, 1.807) is 0 Å². The number of phenols is 1. The Labute approximate surface area is 147 Å². The third kappa shape index (κ3) is 3.05. The smallest absolute Gasteiger partial charge is 0.131 e. The summed E-state index contributed by atoms with van der Waals surface area (Å²) in [4.78, 5) is 0. The predicted octanol–water partition coefficient (Wildman–Crippen LogP) is 6.39. The van der Waals surface area contributed by atoms with Crippen LogP contribution >= 0.6 is 0 Å². The Bertz CT molecular complexity index is 914. The predicted molar refractivity (Wildman–Crippen MR) is 104 cm³/mol. The summed E-state index contributed by atoms with van der Waals surface area (Å²) in [6, 6.07) is 34.4. The summed E-state index contributed by atoms with van der Waals surface area (Å²) in [5.41, 5.74) is 5.94. The van der Waals surface area contributed by atoms with Gasteiger partial charge in [-0.2, -0.15) is 0 Å². The van der Waals surface area contributed by atoms with Crippen LogP contribution in [0.3, 0.4) is 0 Å². The SMILES string of the molecule is Oc1c(-c2ccccc2)cc(-c2ccccc2)cc1-c1ccccc1. The maximum Gasteiger partial charge on any atom is 0.131 e. The van der Waals surface area contributed by atoms with Crippen molar-refractivity contribution in [3.8, 4) is 39.1 Å². The fourth-order valence-corrected chi connectivity index (χ4v) is 3.11. The van der Waals surface area contributed by atoms with Crippen LogP contribution in [0.1, 0.15) is 0 Å². The minimum atomic E-state index is 0.317. The van der Waals surface area contributed by atoms with Crippen molar-refractivity contribution in [2.75, 3.05) is 0 Å². The first kappa shape index (κ1) is 15.2. The molecule has 0 amide bonds. The van der Waals surface area contributed by atoms with Gasteiger partial charge in [-0.1, -0.05) is 91.0 Å². The van der Waals surface area contributed by atoms with E-state index in [0.29, 0.717) is 5.75 Å². The highest BCUT2D eigenvalue weighted by molar-refractivity contribution is 5.87. The summed E-state index contributed by atoms with van der Waals surface area (Å²) in [5, 5.41) is 11.0. The normalized spacial score (nSPS) is 10.6. The van der Waals surface area contributed by atoms with Gasteiger partial charge in [0.25, 0.3) is 0 Å². The average molecular weight is 322 g/mol. The number of hydrogen-bond acceptors (Lipinski definition) is 1. The van der Waals surface area contributed by atoms with Gasteiger partial charge in [0.2, 0.25) is 0 Å². The van der Waals surface area contributed by atoms with E-state index in [2.05, 4.69) is 24.3 Å². The molecule has 0 aliphatic rings. The Morgan fingerprint density at radius 2 is 0.760 bits per heavy atom. The van der Waals surface area contributed by atoms with Gasteiger partial charge in [0, 0.05) is 11.1 Å². The van der Waals surface area contributed by atoms with Gasteiger partial charge < -0.3 is 5.11 Å². The molecular formula is C24H18O. The third-order valence-corrected chi connectivity index (χ3v) is 4.39. The number of aromatic hydroxyl groups is 1. The summed E-state index contributed by atoms with van der Waals surface area (Å²) < 4.78 is 0. The maximum absolute atomic E-state index is 11.0. The van der Waals surface area contributed by atoms with Crippen LogP contribution in [-0.2, 0) is 0 Å². The highest BCUT2D eigenvalue weighted by atomic mass is 16.3. The highest BCUT2D eigenvalue weighted by Crippen LogP contribution is 2.41. The molecule has 0 aromatic heterocycles. The van der Waals surface area contributed by atoms with Crippen molar-refractivity contribution in [1.82, 2.24) is 0 Å². The third-order valence-electron chi connectivity index (χ3n) is 4.39. The molecule has 0 fully saturated rings. The van der Waals surface area contributed by atoms with Gasteiger partial charge in [-0.3, -0.25) is 0 Å². The second-order valence-electron chi connectivity index (χ2n) is 6.02. The zero-order chi connectivity index (χ0) is 17.1. The molecular weight excluding hydrogens is 304 g/mol. The second-order valence-corrected chi connectivity index (χ2v) is 6.02. The first-order valence-electron chi connectivity index (χ1n) is 8.36. The largest absolute Gasteiger partial charge is 0.507 e. The number of hydrogen-bond donors (Lipinski definition) is 1. The van der Waals surface area contributed by atoms with Gasteiger partial charge in [-0.25, -0.2) is 0 Å². The van der Waals surface area contributed by atoms with E-state index < -0.39 is 0 Å². The van der Waals surface area contributed by atoms with Gasteiger partial charge in [0.1, 0.15) is 5.75 Å². The minimum absolute atomic E-state index is 0.317. The van der Waals surface area contributed by atoms with Gasteiger partial charge >= 0.3 is 0 Å². The summed E-state index contributed by atoms with van der Waals surface area (Å²) in [6.07, 6.45) is 0. The molecule has 0 aliphatic heterocycles. The Morgan fingerprint density at radius 3 is 1.16 bits per heavy atom. The number of benzene rings is 4. The fraction of sp³-hybridized carbons (Fsp3) is 0. The van der Waals surface area contributed by atoms with E-state index in [0.717, 1.165) is 33.4 Å². The molecule has 0 spiro atoms. The molecule has 4 aromatic rings. The van der Waals surface area contributed by atoms with Gasteiger partial charge in [0.05, 0.1) is 0 Å². The van der Waals surface area contributed by atoms with E-state index >= 15 is 0 Å². The molecule has 0 atom stereocenters. The molecule has 4 rings (SSSR count). The Hall–Kier alpha value is -3.32. The first-order chi connectivity index (χ1) is 12.3. The zero-order valence-corrected chi connectivity index (χ0v) is 13.8. The van der Waals surface area contributed by atoms with Crippen LogP contribution in [0.15, 0.2) is 103 Å². The topological polar surface area (TPSA) is 20.2 Å². The van der Waals surface area contributed by atoms with Crippen molar-refractivity contribution in [2.45, 2.75) is 0 Å². The Morgan fingerprint density at radius 1 is 0.400 bits per heavy atom. The summed E-state index contributed by atoms with van der Waals surface area (Å²) >= 11 is 0. The second kappa shape index (κ2) is 6.66. The van der Waals surface area contributed by atoms with Crippen molar-refractivity contribution < 1.29 is 5.11 Å². The first-order valence-corrected chi connectivity index (χ1v) is 8.36. The molecule has 120 valence electrons. The fourth-order valence-electron chi connectivity index (χ4n) is 3.11. The standard InChI is InChI=1S/C24H18O/c25-24-22(19-12-6-2-7-13-19)16-21(18-10-4-1-5-11-18)17-23(24)20-14-8-3-9-15-20/h1-17,25H. The molecule has 0 saturated heterocycles. The van der Waals surface area contributed by atoms with Crippen molar-refractivity contribution in [1.29, 1.82) is 0 Å². The number of phenolic OH excluding ortho intramolecular Hbond substituents is 1. The Balaban J connectivity index is 1.98. The van der Waals surface area contributed by atoms with Gasteiger partial charge in [-0.15, -0.1) is 0 Å². The van der Waals surface area contributed by atoms with Crippen molar-refractivity contribution in [3.63, 3.8) is 0 Å². The minimum Gasteiger partial charge on any atom is -0.507 e. The zero-order valence-electron chi connectivity index (χ0n) is 13.8. The van der Waals surface area contributed by atoms with E-state index in [1.807, 2.05) is 78.9 Å². The van der Waals surface area contributed by atoms with E-state index in [4.69, 9.17) is 0 Å². The molecule has 0 heterocycles. The molecule has 4 aromatic carbocycles. The lowest BCUT2D eigenvalue weighted by atomic mass is 9.92. The van der Waals surface area contributed by atoms with Crippen molar-refractivity contribution in [2.24, 2.45) is 0 Å². The molecule has 0 unspecified atom stereocenters. The average Bonchev–Trinajstić information content (AvgIpc) is 2.70. The molecule has 25 heavy (non-hydrogen) atoms. The molecule has 0 bridgehead atoms. The molecule has 0 radical (unpaired) electrons. The van der Waals surface area contributed by atoms with Gasteiger partial charge in [0.15, 0.2) is 0 Å². The van der Waals surface area contributed by atoms with Crippen LogP contribution < -0.4 is 0 Å².